The lowest BCUT2D eigenvalue weighted by atomic mass is 10.2. The van der Waals surface area contributed by atoms with E-state index in [1.54, 1.807) is 23.2 Å². The third-order valence-corrected chi connectivity index (χ3v) is 10.4. The SMILES string of the molecule is COP(O)(=S)OC[C@H]1O[C@@H](N2C=CC(N)NC2O)C[C@H]1OP(O)(=S)OC[C@H]1O[C@@H](n2cnc3c2NCNC3N)C[C@H]1O. The van der Waals surface area contributed by atoms with Gasteiger partial charge in [0, 0.05) is 26.2 Å². The van der Waals surface area contributed by atoms with E-state index in [4.69, 9.17) is 62.6 Å². The van der Waals surface area contributed by atoms with Crippen LogP contribution in [0.2, 0.25) is 0 Å². The number of rotatable bonds is 11. The maximum atomic E-state index is 10.9. The standard InChI is InChI=1S/C20H36N8O10P2S2/c1-33-39(31,41)34-7-13-11(5-16(37-13)27-3-2-14(21)26-20(27)30)38-40(32,42)35-6-12-10(29)4-15(36-12)28-9-25-17-18(22)23-8-24-19(17)28/h2-3,9-16,18,20,23-24,26,29-30H,4-8,21-22H2,1H3,(H,31,41)(H,32,42)/t10-,11-,12-,13-,14?,15-,16-,18?,20?,39?,40?/m1/s1. The predicted octanol–water partition coefficient (Wildman–Crippen LogP) is -1.95. The van der Waals surface area contributed by atoms with Crippen molar-refractivity contribution in [3.05, 3.63) is 24.3 Å². The van der Waals surface area contributed by atoms with Crippen molar-refractivity contribution in [2.45, 2.75) is 68.4 Å². The molecule has 0 amide bonds. The van der Waals surface area contributed by atoms with Crippen LogP contribution < -0.4 is 27.4 Å². The summed E-state index contributed by atoms with van der Waals surface area (Å²) >= 11 is 10.2. The number of hydrogen-bond donors (Lipinski definition) is 9. The van der Waals surface area contributed by atoms with Gasteiger partial charge in [-0.3, -0.25) is 15.2 Å². The zero-order valence-corrected chi connectivity index (χ0v) is 25.8. The number of nitrogens with two attached hydrogens (primary N) is 2. The lowest BCUT2D eigenvalue weighted by molar-refractivity contribution is -0.125. The number of aromatic nitrogens is 2. The molecule has 5 heterocycles. The Morgan fingerprint density at radius 2 is 1.81 bits per heavy atom. The van der Waals surface area contributed by atoms with Crippen molar-refractivity contribution in [2.75, 3.05) is 32.3 Å². The van der Waals surface area contributed by atoms with E-state index in [1.807, 2.05) is 0 Å². The number of aliphatic hydroxyl groups is 2. The summed E-state index contributed by atoms with van der Waals surface area (Å²) in [6.07, 6.45) is -1.84. The molecule has 1 aromatic rings. The third-order valence-electron chi connectivity index (χ3n) is 7.11. The first-order valence-electron chi connectivity index (χ1n) is 13.0. The van der Waals surface area contributed by atoms with E-state index in [1.165, 1.54) is 12.0 Å². The molecule has 42 heavy (non-hydrogen) atoms. The van der Waals surface area contributed by atoms with Crippen molar-refractivity contribution < 1.29 is 47.6 Å². The summed E-state index contributed by atoms with van der Waals surface area (Å²) in [6.45, 7) is -7.53. The maximum Gasteiger partial charge on any atom is 0.324 e. The third kappa shape index (κ3) is 7.56. The molecule has 2 saturated heterocycles. The highest BCUT2D eigenvalue weighted by Gasteiger charge is 2.45. The Hall–Kier alpha value is -0.710. The van der Waals surface area contributed by atoms with E-state index in [-0.39, 0.29) is 26.1 Å². The molecule has 0 saturated carbocycles. The van der Waals surface area contributed by atoms with Gasteiger partial charge in [-0.2, -0.15) is 0 Å². The molecule has 2 fully saturated rings. The van der Waals surface area contributed by atoms with Crippen molar-refractivity contribution in [1.82, 2.24) is 25.1 Å². The molecule has 5 unspecified atom stereocenters. The Morgan fingerprint density at radius 3 is 2.55 bits per heavy atom. The average molecular weight is 675 g/mol. The summed E-state index contributed by atoms with van der Waals surface area (Å²) in [5.41, 5.74) is 12.5. The van der Waals surface area contributed by atoms with Gasteiger partial charge in [-0.25, -0.2) is 4.98 Å². The van der Waals surface area contributed by atoms with E-state index in [0.29, 0.717) is 18.2 Å². The van der Waals surface area contributed by atoms with Gasteiger partial charge in [0.2, 0.25) is 0 Å². The predicted molar refractivity (Wildman–Crippen MR) is 153 cm³/mol. The molecule has 0 bridgehead atoms. The van der Waals surface area contributed by atoms with E-state index >= 15 is 0 Å². The molecular formula is C20H36N8O10P2S2. The van der Waals surface area contributed by atoms with Gasteiger partial charge in [0.05, 0.1) is 44.6 Å². The molecule has 238 valence electrons. The summed E-state index contributed by atoms with van der Waals surface area (Å²) in [5.74, 6) is 0.687. The van der Waals surface area contributed by atoms with Crippen molar-refractivity contribution in [2.24, 2.45) is 11.5 Å². The molecule has 5 rings (SSSR count). The van der Waals surface area contributed by atoms with E-state index < -0.39 is 69.0 Å². The number of nitrogens with zero attached hydrogens (tertiary/aromatic N) is 3. The van der Waals surface area contributed by atoms with E-state index in [9.17, 15) is 20.0 Å². The van der Waals surface area contributed by atoms with Gasteiger partial charge >= 0.3 is 13.4 Å². The maximum absolute atomic E-state index is 10.9. The summed E-state index contributed by atoms with van der Waals surface area (Å²) < 4.78 is 35.3. The molecule has 11 N–H and O–H groups in total. The van der Waals surface area contributed by atoms with E-state index in [2.05, 4.69) is 20.9 Å². The Balaban J connectivity index is 1.21. The Kier molecular flexibility index (Phi) is 10.4. The van der Waals surface area contributed by atoms with Crippen LogP contribution >= 0.6 is 13.4 Å². The van der Waals surface area contributed by atoms with Crippen LogP contribution in [0.4, 0.5) is 5.82 Å². The zero-order valence-electron chi connectivity index (χ0n) is 22.4. The van der Waals surface area contributed by atoms with Crippen LogP contribution in [-0.4, -0.2) is 105 Å². The largest absolute Gasteiger partial charge is 0.390 e. The highest BCUT2D eigenvalue weighted by Crippen LogP contribution is 2.50. The molecule has 22 heteroatoms. The molecule has 4 aliphatic heterocycles. The first kappa shape index (κ1) is 32.7. The molecule has 0 aliphatic carbocycles. The van der Waals surface area contributed by atoms with Gasteiger partial charge in [0.15, 0.2) is 6.35 Å². The minimum absolute atomic E-state index is 0.121. The zero-order chi connectivity index (χ0) is 30.2. The fraction of sp³-hybridized carbons (Fsp3) is 0.750. The van der Waals surface area contributed by atoms with Crippen molar-refractivity contribution in [1.29, 1.82) is 0 Å². The van der Waals surface area contributed by atoms with Crippen LogP contribution in [0.25, 0.3) is 0 Å². The quantitative estimate of drug-likeness (QED) is 0.116. The Morgan fingerprint density at radius 1 is 1.10 bits per heavy atom. The second-order valence-corrected chi connectivity index (χ2v) is 15.7. The molecule has 11 atom stereocenters. The summed E-state index contributed by atoms with van der Waals surface area (Å²) in [4.78, 5) is 26.8. The van der Waals surface area contributed by atoms with Crippen LogP contribution in [-0.2, 0) is 51.2 Å². The highest BCUT2D eigenvalue weighted by molar-refractivity contribution is 8.07. The number of nitrogens with one attached hydrogen (secondary N) is 3. The number of hydrogen-bond acceptors (Lipinski definition) is 17. The van der Waals surface area contributed by atoms with Crippen LogP contribution in [0.5, 0.6) is 0 Å². The lowest BCUT2D eigenvalue weighted by Gasteiger charge is -2.36. The van der Waals surface area contributed by atoms with Gasteiger partial charge < -0.3 is 69.3 Å². The first-order chi connectivity index (χ1) is 19.9. The molecule has 1 aromatic heterocycles. The van der Waals surface area contributed by atoms with Crippen LogP contribution in [0, 0.1) is 0 Å². The number of ether oxygens (including phenoxy) is 2. The normalized spacial score (nSPS) is 37.7. The van der Waals surface area contributed by atoms with Gasteiger partial charge in [-0.1, -0.05) is 0 Å². The van der Waals surface area contributed by atoms with Crippen molar-refractivity contribution in [3.8, 4) is 0 Å². The number of anilines is 1. The number of aliphatic hydroxyl groups excluding tert-OH is 2. The fourth-order valence-electron chi connectivity index (χ4n) is 4.96. The second-order valence-electron chi connectivity index (χ2n) is 9.93. The number of fused-ring (bicyclic) bond motifs is 1. The van der Waals surface area contributed by atoms with Crippen molar-refractivity contribution in [3.63, 3.8) is 0 Å². The van der Waals surface area contributed by atoms with E-state index in [0.717, 1.165) is 0 Å². The summed E-state index contributed by atoms with van der Waals surface area (Å²) in [6, 6.07) is 0. The molecule has 0 aromatic carbocycles. The van der Waals surface area contributed by atoms with Crippen molar-refractivity contribution >= 4 is 42.9 Å². The average Bonchev–Trinajstić information content (AvgIpc) is 3.63. The molecule has 0 radical (unpaired) electrons. The Bertz CT molecular complexity index is 1230. The van der Waals surface area contributed by atoms with Crippen LogP contribution in [0.15, 0.2) is 18.6 Å². The smallest absolute Gasteiger partial charge is 0.324 e. The lowest BCUT2D eigenvalue weighted by Crippen LogP contribution is -2.56. The van der Waals surface area contributed by atoms with Crippen LogP contribution in [0.3, 0.4) is 0 Å². The monoisotopic (exact) mass is 674 g/mol. The highest BCUT2D eigenvalue weighted by atomic mass is 32.5. The molecular weight excluding hydrogens is 638 g/mol. The fourth-order valence-corrected chi connectivity index (χ4v) is 7.05. The Labute approximate surface area is 251 Å². The van der Waals surface area contributed by atoms with Gasteiger partial charge in [-0.15, -0.1) is 0 Å². The minimum Gasteiger partial charge on any atom is -0.390 e. The number of imidazole rings is 1. The summed E-state index contributed by atoms with van der Waals surface area (Å²) in [5, 5.41) is 30.0. The minimum atomic E-state index is -3.92. The first-order valence-corrected chi connectivity index (χ1v) is 18.2. The molecule has 18 nitrogen and oxygen atoms in total. The molecule has 0 spiro atoms. The second kappa shape index (κ2) is 13.3. The van der Waals surface area contributed by atoms with Gasteiger partial charge in [0.1, 0.15) is 42.3 Å². The molecule has 4 aliphatic rings. The summed E-state index contributed by atoms with van der Waals surface area (Å²) in [7, 11) is 1.21. The topological polar surface area (TPSA) is 245 Å². The van der Waals surface area contributed by atoms with Crippen LogP contribution in [0.1, 0.15) is 30.9 Å². The van der Waals surface area contributed by atoms with Gasteiger partial charge in [-0.05, 0) is 29.7 Å². The van der Waals surface area contributed by atoms with Gasteiger partial charge in [0.25, 0.3) is 0 Å².